The molecule has 0 aromatic rings. The summed E-state index contributed by atoms with van der Waals surface area (Å²) in [5.74, 6) is 0.574. The Balaban J connectivity index is 2.16. The number of hydrogen-bond donors (Lipinski definition) is 0. The third-order valence-electron chi connectivity index (χ3n) is 3.00. The van der Waals surface area contributed by atoms with Gasteiger partial charge in [0.25, 0.3) is 0 Å². The predicted octanol–water partition coefficient (Wildman–Crippen LogP) is 2.14. The Labute approximate surface area is 85.8 Å². The highest BCUT2D eigenvalue weighted by atomic mass is 16.6. The molecular weight excluding hydrogens is 180 g/mol. The number of carbonyl (C=O) groups is 1. The number of esters is 1. The maximum absolute atomic E-state index is 10.9. The molecule has 1 rings (SSSR count). The molecule has 1 fully saturated rings. The van der Waals surface area contributed by atoms with Crippen LogP contribution in [0.1, 0.15) is 39.5 Å². The molecule has 82 valence electrons. The lowest BCUT2D eigenvalue weighted by Gasteiger charge is -2.08. The van der Waals surface area contributed by atoms with Crippen LogP contribution in [-0.2, 0) is 14.3 Å². The normalized spacial score (nSPS) is 25.1. The maximum Gasteiger partial charge on any atom is 0.308 e. The molecule has 3 heteroatoms. The van der Waals surface area contributed by atoms with Crippen molar-refractivity contribution in [3.8, 4) is 0 Å². The van der Waals surface area contributed by atoms with Gasteiger partial charge in [0.1, 0.15) is 0 Å². The summed E-state index contributed by atoms with van der Waals surface area (Å²) in [5.41, 5.74) is 0. The highest BCUT2D eigenvalue weighted by molar-refractivity contribution is 5.70. The summed E-state index contributed by atoms with van der Waals surface area (Å²) in [6.07, 6.45) is 4.33. The lowest BCUT2D eigenvalue weighted by atomic mass is 9.96. The molecule has 0 aliphatic carbocycles. The van der Waals surface area contributed by atoms with E-state index in [4.69, 9.17) is 4.74 Å². The maximum atomic E-state index is 10.9. The minimum Gasteiger partial charge on any atom is -0.469 e. The molecule has 0 aromatic carbocycles. The van der Waals surface area contributed by atoms with Crippen molar-refractivity contribution in [2.75, 3.05) is 7.11 Å². The standard InChI is InChI=1S/C11H20O3/c1-4-8(5-2)6-9-10(14-9)7-11(12)13-3/h8-10H,4-7H2,1-3H3. The molecule has 1 aliphatic heterocycles. The van der Waals surface area contributed by atoms with Gasteiger partial charge in [0, 0.05) is 0 Å². The molecule has 1 aliphatic rings. The van der Waals surface area contributed by atoms with Crippen LogP contribution in [0.5, 0.6) is 0 Å². The second-order valence-corrected chi connectivity index (χ2v) is 3.91. The SMILES string of the molecule is CCC(CC)CC1OC1CC(=O)OC. The van der Waals surface area contributed by atoms with Crippen molar-refractivity contribution in [3.63, 3.8) is 0 Å². The molecule has 0 saturated carbocycles. The van der Waals surface area contributed by atoms with Crippen LogP contribution in [0.15, 0.2) is 0 Å². The fourth-order valence-corrected chi connectivity index (χ4v) is 1.76. The minimum absolute atomic E-state index is 0.128. The molecule has 0 N–H and O–H groups in total. The molecule has 0 amide bonds. The van der Waals surface area contributed by atoms with E-state index in [1.54, 1.807) is 0 Å². The lowest BCUT2D eigenvalue weighted by Crippen LogP contribution is -2.08. The van der Waals surface area contributed by atoms with Crippen LogP contribution in [-0.4, -0.2) is 25.3 Å². The number of ether oxygens (including phenoxy) is 2. The first-order chi connectivity index (χ1) is 6.71. The third-order valence-corrected chi connectivity index (χ3v) is 3.00. The van der Waals surface area contributed by atoms with E-state index in [0.717, 1.165) is 12.3 Å². The van der Waals surface area contributed by atoms with Crippen molar-refractivity contribution in [1.29, 1.82) is 0 Å². The van der Waals surface area contributed by atoms with Crippen molar-refractivity contribution < 1.29 is 14.3 Å². The number of rotatable bonds is 6. The molecule has 2 atom stereocenters. The quantitative estimate of drug-likeness (QED) is 0.487. The van der Waals surface area contributed by atoms with Crippen molar-refractivity contribution in [1.82, 2.24) is 0 Å². The summed E-state index contributed by atoms with van der Waals surface area (Å²) in [6, 6.07) is 0. The first kappa shape index (κ1) is 11.5. The Hall–Kier alpha value is -0.570. The van der Waals surface area contributed by atoms with Crippen LogP contribution in [0.2, 0.25) is 0 Å². The summed E-state index contributed by atoms with van der Waals surface area (Å²) in [6.45, 7) is 4.40. The number of methoxy groups -OCH3 is 1. The van der Waals surface area contributed by atoms with Crippen LogP contribution in [0.3, 0.4) is 0 Å². The summed E-state index contributed by atoms with van der Waals surface area (Å²) in [5, 5.41) is 0. The highest BCUT2D eigenvalue weighted by Crippen LogP contribution is 2.33. The topological polar surface area (TPSA) is 38.8 Å². The average Bonchev–Trinajstić information content (AvgIpc) is 2.92. The smallest absolute Gasteiger partial charge is 0.308 e. The van der Waals surface area contributed by atoms with E-state index in [-0.39, 0.29) is 12.1 Å². The number of carbonyl (C=O) groups excluding carboxylic acids is 1. The predicted molar refractivity (Wildman–Crippen MR) is 54.0 cm³/mol. The van der Waals surface area contributed by atoms with Crippen molar-refractivity contribution in [2.45, 2.75) is 51.7 Å². The Morgan fingerprint density at radius 3 is 2.50 bits per heavy atom. The third kappa shape index (κ3) is 3.29. The van der Waals surface area contributed by atoms with Crippen LogP contribution in [0, 0.1) is 5.92 Å². The van der Waals surface area contributed by atoms with Crippen LogP contribution < -0.4 is 0 Å². The molecule has 3 nitrogen and oxygen atoms in total. The summed E-state index contributed by atoms with van der Waals surface area (Å²) in [7, 11) is 1.42. The molecule has 1 heterocycles. The van der Waals surface area contributed by atoms with Gasteiger partial charge in [-0.05, 0) is 12.3 Å². The second-order valence-electron chi connectivity index (χ2n) is 3.91. The van der Waals surface area contributed by atoms with Gasteiger partial charge in [0.2, 0.25) is 0 Å². The Morgan fingerprint density at radius 2 is 2.00 bits per heavy atom. The van der Waals surface area contributed by atoms with Gasteiger partial charge >= 0.3 is 5.97 Å². The van der Waals surface area contributed by atoms with E-state index in [1.807, 2.05) is 0 Å². The van der Waals surface area contributed by atoms with E-state index < -0.39 is 0 Å². The zero-order valence-corrected chi connectivity index (χ0v) is 9.29. The average molecular weight is 200 g/mol. The van der Waals surface area contributed by atoms with E-state index in [9.17, 15) is 4.79 Å². The zero-order chi connectivity index (χ0) is 10.6. The minimum atomic E-state index is -0.165. The molecule has 1 saturated heterocycles. The molecular formula is C11H20O3. The highest BCUT2D eigenvalue weighted by Gasteiger charge is 2.41. The van der Waals surface area contributed by atoms with Crippen molar-refractivity contribution in [3.05, 3.63) is 0 Å². The lowest BCUT2D eigenvalue weighted by molar-refractivity contribution is -0.140. The zero-order valence-electron chi connectivity index (χ0n) is 9.29. The number of epoxide rings is 1. The van der Waals surface area contributed by atoms with Crippen molar-refractivity contribution in [2.24, 2.45) is 5.92 Å². The number of hydrogen-bond acceptors (Lipinski definition) is 3. The molecule has 0 spiro atoms. The Kier molecular flexibility index (Phi) is 4.39. The molecule has 0 radical (unpaired) electrons. The van der Waals surface area contributed by atoms with Gasteiger partial charge in [-0.15, -0.1) is 0 Å². The van der Waals surface area contributed by atoms with E-state index in [1.165, 1.54) is 20.0 Å². The molecule has 0 bridgehead atoms. The van der Waals surface area contributed by atoms with E-state index >= 15 is 0 Å². The summed E-state index contributed by atoms with van der Waals surface area (Å²) >= 11 is 0. The van der Waals surface area contributed by atoms with Crippen molar-refractivity contribution >= 4 is 5.97 Å². The largest absolute Gasteiger partial charge is 0.469 e. The van der Waals surface area contributed by atoms with Gasteiger partial charge in [-0.1, -0.05) is 26.7 Å². The molecule has 14 heavy (non-hydrogen) atoms. The Bertz CT molecular complexity index is 187. The fourth-order valence-electron chi connectivity index (χ4n) is 1.76. The second kappa shape index (κ2) is 5.35. The monoisotopic (exact) mass is 200 g/mol. The van der Waals surface area contributed by atoms with Gasteiger partial charge in [-0.2, -0.15) is 0 Å². The van der Waals surface area contributed by atoms with Gasteiger partial charge < -0.3 is 9.47 Å². The van der Waals surface area contributed by atoms with Gasteiger partial charge in [0.05, 0.1) is 25.7 Å². The molecule has 2 unspecified atom stereocenters. The van der Waals surface area contributed by atoms with E-state index in [0.29, 0.717) is 12.5 Å². The first-order valence-corrected chi connectivity index (χ1v) is 5.43. The van der Waals surface area contributed by atoms with Crippen LogP contribution in [0.25, 0.3) is 0 Å². The first-order valence-electron chi connectivity index (χ1n) is 5.43. The Morgan fingerprint density at radius 1 is 1.36 bits per heavy atom. The fraction of sp³-hybridized carbons (Fsp3) is 0.909. The summed E-state index contributed by atoms with van der Waals surface area (Å²) < 4.78 is 10.0. The molecule has 0 aromatic heterocycles. The van der Waals surface area contributed by atoms with Gasteiger partial charge in [-0.3, -0.25) is 4.79 Å². The van der Waals surface area contributed by atoms with Gasteiger partial charge in [-0.25, -0.2) is 0 Å². The van der Waals surface area contributed by atoms with E-state index in [2.05, 4.69) is 18.6 Å². The summed E-state index contributed by atoms with van der Waals surface area (Å²) in [4.78, 5) is 10.9. The van der Waals surface area contributed by atoms with Crippen LogP contribution in [0.4, 0.5) is 0 Å². The van der Waals surface area contributed by atoms with Crippen LogP contribution >= 0.6 is 0 Å². The van der Waals surface area contributed by atoms with Gasteiger partial charge in [0.15, 0.2) is 0 Å².